The third-order valence-electron chi connectivity index (χ3n) is 3.82. The van der Waals surface area contributed by atoms with Crippen molar-refractivity contribution in [2.75, 3.05) is 26.6 Å². The highest BCUT2D eigenvalue weighted by atomic mass is 32.1. The summed E-state index contributed by atoms with van der Waals surface area (Å²) < 4.78 is 20.9. The molecule has 1 atom stereocenters. The van der Waals surface area contributed by atoms with Crippen molar-refractivity contribution < 1.29 is 28.5 Å². The highest BCUT2D eigenvalue weighted by Gasteiger charge is 2.19. The molecule has 1 aromatic heterocycles. The van der Waals surface area contributed by atoms with Crippen molar-refractivity contribution in [1.82, 2.24) is 0 Å². The van der Waals surface area contributed by atoms with Gasteiger partial charge in [-0.3, -0.25) is 4.79 Å². The number of hydrogen-bond donors (Lipinski definition) is 1. The molecule has 0 aliphatic carbocycles. The number of hydrogen-bond acceptors (Lipinski definition) is 8. The SMILES string of the molecule is COc1cc(OC)c(OC)cc1/C=C/C(=O)O[C@H](C)C(=O)Nc1sccc1C#N. The smallest absolute Gasteiger partial charge is 0.331 e. The average Bonchev–Trinajstić information content (AvgIpc) is 3.18. The predicted molar refractivity (Wildman–Crippen MR) is 108 cm³/mol. The van der Waals surface area contributed by atoms with Gasteiger partial charge in [-0.05, 0) is 30.5 Å². The van der Waals surface area contributed by atoms with E-state index < -0.39 is 18.0 Å². The maximum absolute atomic E-state index is 12.2. The molecule has 152 valence electrons. The van der Waals surface area contributed by atoms with Crippen molar-refractivity contribution in [3.63, 3.8) is 0 Å². The second-order valence-corrected chi connectivity index (χ2v) is 6.54. The van der Waals surface area contributed by atoms with Gasteiger partial charge < -0.3 is 24.3 Å². The number of anilines is 1. The summed E-state index contributed by atoms with van der Waals surface area (Å²) in [6.07, 6.45) is 1.62. The summed E-state index contributed by atoms with van der Waals surface area (Å²) in [7, 11) is 4.49. The molecule has 0 radical (unpaired) electrons. The molecule has 9 heteroatoms. The Bertz CT molecular complexity index is 960. The van der Waals surface area contributed by atoms with Crippen LogP contribution in [0.3, 0.4) is 0 Å². The van der Waals surface area contributed by atoms with Crippen LogP contribution in [0.5, 0.6) is 17.2 Å². The van der Waals surface area contributed by atoms with Crippen molar-refractivity contribution in [2.24, 2.45) is 0 Å². The Morgan fingerprint density at radius 1 is 1.14 bits per heavy atom. The van der Waals surface area contributed by atoms with Crippen LogP contribution in [0, 0.1) is 11.3 Å². The number of nitriles is 1. The third kappa shape index (κ3) is 5.49. The average molecular weight is 416 g/mol. The van der Waals surface area contributed by atoms with E-state index in [1.165, 1.54) is 51.7 Å². The maximum atomic E-state index is 12.2. The Balaban J connectivity index is 2.05. The van der Waals surface area contributed by atoms with Gasteiger partial charge in [0.15, 0.2) is 17.6 Å². The maximum Gasteiger partial charge on any atom is 0.331 e. The molecule has 1 heterocycles. The summed E-state index contributed by atoms with van der Waals surface area (Å²) in [5, 5.41) is 13.6. The number of benzene rings is 1. The molecule has 1 amide bonds. The Hall–Kier alpha value is -3.51. The number of thiophene rings is 1. The van der Waals surface area contributed by atoms with E-state index in [9.17, 15) is 9.59 Å². The van der Waals surface area contributed by atoms with E-state index in [1.807, 2.05) is 6.07 Å². The van der Waals surface area contributed by atoms with Crippen LogP contribution in [0.1, 0.15) is 18.1 Å². The van der Waals surface area contributed by atoms with Crippen LogP contribution in [0.15, 0.2) is 29.7 Å². The fraction of sp³-hybridized carbons (Fsp3) is 0.250. The Kier molecular flexibility index (Phi) is 7.62. The molecular weight excluding hydrogens is 396 g/mol. The van der Waals surface area contributed by atoms with Crippen LogP contribution >= 0.6 is 11.3 Å². The van der Waals surface area contributed by atoms with Gasteiger partial charge in [-0.25, -0.2) is 4.79 Å². The quantitative estimate of drug-likeness (QED) is 0.520. The zero-order chi connectivity index (χ0) is 21.4. The van der Waals surface area contributed by atoms with Gasteiger partial charge in [0.1, 0.15) is 16.8 Å². The van der Waals surface area contributed by atoms with Gasteiger partial charge in [-0.2, -0.15) is 5.26 Å². The zero-order valence-corrected chi connectivity index (χ0v) is 17.2. The lowest BCUT2D eigenvalue weighted by molar-refractivity contribution is -0.148. The minimum Gasteiger partial charge on any atom is -0.496 e. The van der Waals surface area contributed by atoms with Crippen molar-refractivity contribution in [2.45, 2.75) is 13.0 Å². The molecule has 1 N–H and O–H groups in total. The molecule has 0 aliphatic heterocycles. The van der Waals surface area contributed by atoms with Crippen LogP contribution in [0.4, 0.5) is 5.00 Å². The van der Waals surface area contributed by atoms with Crippen LogP contribution in [0.2, 0.25) is 0 Å². The van der Waals surface area contributed by atoms with Crippen LogP contribution in [0.25, 0.3) is 6.08 Å². The van der Waals surface area contributed by atoms with Gasteiger partial charge in [-0.1, -0.05) is 0 Å². The first-order valence-electron chi connectivity index (χ1n) is 8.40. The number of carbonyl (C=O) groups is 2. The van der Waals surface area contributed by atoms with Crippen molar-refractivity contribution in [3.8, 4) is 23.3 Å². The second-order valence-electron chi connectivity index (χ2n) is 5.63. The van der Waals surface area contributed by atoms with Gasteiger partial charge in [0, 0.05) is 17.7 Å². The van der Waals surface area contributed by atoms with E-state index in [1.54, 1.807) is 23.6 Å². The highest BCUT2D eigenvalue weighted by Crippen LogP contribution is 2.35. The van der Waals surface area contributed by atoms with Crippen molar-refractivity contribution in [1.29, 1.82) is 5.26 Å². The summed E-state index contributed by atoms with van der Waals surface area (Å²) >= 11 is 1.21. The van der Waals surface area contributed by atoms with E-state index in [0.717, 1.165) is 0 Å². The first-order chi connectivity index (χ1) is 13.9. The molecule has 0 saturated carbocycles. The van der Waals surface area contributed by atoms with E-state index >= 15 is 0 Å². The topological polar surface area (TPSA) is 107 Å². The summed E-state index contributed by atoms with van der Waals surface area (Å²) in [5.41, 5.74) is 0.916. The molecular formula is C20H20N2O6S. The fourth-order valence-electron chi connectivity index (χ4n) is 2.32. The first-order valence-corrected chi connectivity index (χ1v) is 9.28. The number of methoxy groups -OCH3 is 3. The van der Waals surface area contributed by atoms with E-state index in [4.69, 9.17) is 24.2 Å². The molecule has 2 aromatic rings. The van der Waals surface area contributed by atoms with Gasteiger partial charge >= 0.3 is 5.97 Å². The lowest BCUT2D eigenvalue weighted by Crippen LogP contribution is -2.29. The molecule has 8 nitrogen and oxygen atoms in total. The van der Waals surface area contributed by atoms with E-state index in [0.29, 0.717) is 33.4 Å². The predicted octanol–water partition coefficient (Wildman–Crippen LogP) is 3.23. The number of amides is 1. The lowest BCUT2D eigenvalue weighted by atomic mass is 10.1. The van der Waals surface area contributed by atoms with Gasteiger partial charge in [0.25, 0.3) is 5.91 Å². The second kappa shape index (κ2) is 10.1. The summed E-state index contributed by atoms with van der Waals surface area (Å²) in [6.45, 7) is 1.44. The molecule has 0 spiro atoms. The number of rotatable bonds is 8. The standard InChI is InChI=1S/C20H20N2O6S/c1-12(19(24)22-20-14(11-21)7-8-29-20)28-18(23)6-5-13-9-16(26-3)17(27-4)10-15(13)25-2/h5-10,12H,1-4H3,(H,22,24)/b6-5+/t12-/m1/s1. The van der Waals surface area contributed by atoms with Crippen LogP contribution in [-0.4, -0.2) is 39.3 Å². The molecule has 29 heavy (non-hydrogen) atoms. The van der Waals surface area contributed by atoms with Crippen LogP contribution < -0.4 is 19.5 Å². The lowest BCUT2D eigenvalue weighted by Gasteiger charge is -2.13. The minimum atomic E-state index is -1.05. The number of ether oxygens (including phenoxy) is 4. The number of nitrogens with one attached hydrogen (secondary N) is 1. The molecule has 2 rings (SSSR count). The van der Waals surface area contributed by atoms with E-state index in [-0.39, 0.29) is 0 Å². The van der Waals surface area contributed by atoms with Gasteiger partial charge in [-0.15, -0.1) is 11.3 Å². The highest BCUT2D eigenvalue weighted by molar-refractivity contribution is 7.14. The van der Waals surface area contributed by atoms with E-state index in [2.05, 4.69) is 5.32 Å². The normalized spacial score (nSPS) is 11.4. The molecule has 0 unspecified atom stereocenters. The molecule has 0 bridgehead atoms. The van der Waals surface area contributed by atoms with Crippen molar-refractivity contribution >= 4 is 34.3 Å². The Morgan fingerprint density at radius 3 is 2.41 bits per heavy atom. The van der Waals surface area contributed by atoms with Gasteiger partial charge in [0.2, 0.25) is 0 Å². The van der Waals surface area contributed by atoms with Crippen LogP contribution in [-0.2, 0) is 14.3 Å². The molecule has 0 fully saturated rings. The fourth-order valence-corrected chi connectivity index (χ4v) is 3.06. The molecule has 0 aliphatic rings. The zero-order valence-electron chi connectivity index (χ0n) is 16.3. The Morgan fingerprint density at radius 2 is 1.79 bits per heavy atom. The Labute approximate surface area is 172 Å². The summed E-state index contributed by atoms with van der Waals surface area (Å²) in [4.78, 5) is 24.3. The number of carbonyl (C=O) groups excluding carboxylic acids is 2. The third-order valence-corrected chi connectivity index (χ3v) is 4.65. The minimum absolute atomic E-state index is 0.349. The monoisotopic (exact) mass is 416 g/mol. The first kappa shape index (κ1) is 21.8. The summed E-state index contributed by atoms with van der Waals surface area (Å²) in [6, 6.07) is 6.85. The van der Waals surface area contributed by atoms with Gasteiger partial charge in [0.05, 0.1) is 26.9 Å². The molecule has 1 aromatic carbocycles. The largest absolute Gasteiger partial charge is 0.496 e. The van der Waals surface area contributed by atoms with Crippen molar-refractivity contribution in [3.05, 3.63) is 40.8 Å². The number of esters is 1. The molecule has 0 saturated heterocycles. The summed E-state index contributed by atoms with van der Waals surface area (Å²) in [5.74, 6) is 0.183. The number of nitrogens with zero attached hydrogens (tertiary/aromatic N) is 1.